The Balaban J connectivity index is 1.76. The predicted molar refractivity (Wildman–Crippen MR) is 104 cm³/mol. The van der Waals surface area contributed by atoms with Crippen molar-refractivity contribution in [2.45, 2.75) is 18.2 Å². The van der Waals surface area contributed by atoms with Gasteiger partial charge in [-0.15, -0.1) is 0 Å². The van der Waals surface area contributed by atoms with Crippen LogP contribution in [-0.4, -0.2) is 33.8 Å². The Morgan fingerprint density at radius 2 is 1.70 bits per heavy atom. The molecule has 1 saturated heterocycles. The van der Waals surface area contributed by atoms with Crippen LogP contribution in [0.5, 0.6) is 0 Å². The Morgan fingerprint density at radius 1 is 1.11 bits per heavy atom. The Kier molecular flexibility index (Phi) is 6.42. The van der Waals surface area contributed by atoms with Gasteiger partial charge in [0.15, 0.2) is 0 Å². The Labute approximate surface area is 165 Å². The van der Waals surface area contributed by atoms with Gasteiger partial charge >= 0.3 is 6.09 Å². The van der Waals surface area contributed by atoms with Crippen molar-refractivity contribution in [1.29, 1.82) is 0 Å². The van der Waals surface area contributed by atoms with E-state index in [4.69, 9.17) is 16.3 Å². The number of hydrogen-bond donors (Lipinski definition) is 0. The zero-order chi connectivity index (χ0) is 19.2. The molecular weight excluding hydrogens is 386 g/mol. The molecule has 3 rings (SSSR count). The van der Waals surface area contributed by atoms with Gasteiger partial charge in [0.1, 0.15) is 11.5 Å². The van der Waals surface area contributed by atoms with Gasteiger partial charge in [0.25, 0.3) is 5.91 Å². The summed E-state index contributed by atoms with van der Waals surface area (Å²) in [7, 11) is -1.68. The van der Waals surface area contributed by atoms with E-state index < -0.39 is 28.8 Å². The first kappa shape index (κ1) is 19.3. The van der Waals surface area contributed by atoms with Crippen LogP contribution >= 0.6 is 11.6 Å². The Bertz CT molecular complexity index is 870. The van der Waals surface area contributed by atoms with Crippen LogP contribution in [0.2, 0.25) is 0 Å². The van der Waals surface area contributed by atoms with E-state index in [0.717, 1.165) is 21.6 Å². The minimum Gasteiger partial charge on any atom is -0.447 e. The van der Waals surface area contributed by atoms with Gasteiger partial charge in [-0.2, -0.15) is 0 Å². The van der Waals surface area contributed by atoms with E-state index in [9.17, 15) is 13.8 Å². The van der Waals surface area contributed by atoms with Gasteiger partial charge in [-0.25, -0.2) is 9.69 Å². The standard InChI is InChI=1S/C20H18ClNO4S/c21-12-18(27(25)14-16-9-5-2-6-10-16)19(23)22-17(13-26-20(22)24)11-15-7-3-1-4-8-15/h1-10,12,17H,11,13-14H2/b18-12+/t17-,27?/m0/s1. The van der Waals surface area contributed by atoms with E-state index in [1.54, 1.807) is 0 Å². The normalized spacial score (nSPS) is 18.3. The molecule has 2 atom stereocenters. The molecule has 0 saturated carbocycles. The number of nitrogens with zero attached hydrogens (tertiary/aromatic N) is 1. The molecule has 0 aromatic heterocycles. The van der Waals surface area contributed by atoms with Crippen LogP contribution in [0.15, 0.2) is 71.1 Å². The lowest BCUT2D eigenvalue weighted by Crippen LogP contribution is -2.41. The zero-order valence-electron chi connectivity index (χ0n) is 14.4. The lowest BCUT2D eigenvalue weighted by molar-refractivity contribution is -0.124. The van der Waals surface area contributed by atoms with Crippen LogP contribution in [-0.2, 0) is 32.5 Å². The molecule has 27 heavy (non-hydrogen) atoms. The van der Waals surface area contributed by atoms with Crippen LogP contribution in [0.3, 0.4) is 0 Å². The number of carbonyl (C=O) groups is 2. The fraction of sp³-hybridized carbons (Fsp3) is 0.200. The summed E-state index contributed by atoms with van der Waals surface area (Å²) in [5, 5.41) is 0. The fourth-order valence-corrected chi connectivity index (χ4v) is 4.30. The topological polar surface area (TPSA) is 63.7 Å². The summed E-state index contributed by atoms with van der Waals surface area (Å²) in [4.78, 5) is 25.9. The van der Waals surface area contributed by atoms with E-state index in [1.165, 1.54) is 0 Å². The van der Waals surface area contributed by atoms with Gasteiger partial charge in [-0.1, -0.05) is 72.3 Å². The van der Waals surface area contributed by atoms with E-state index in [-0.39, 0.29) is 17.3 Å². The molecule has 140 valence electrons. The number of rotatable bonds is 6. The van der Waals surface area contributed by atoms with Crippen molar-refractivity contribution in [2.24, 2.45) is 0 Å². The molecule has 7 heteroatoms. The quantitative estimate of drug-likeness (QED) is 0.691. The summed E-state index contributed by atoms with van der Waals surface area (Å²) in [5.74, 6) is -0.542. The highest BCUT2D eigenvalue weighted by atomic mass is 35.5. The van der Waals surface area contributed by atoms with E-state index in [0.29, 0.717) is 6.42 Å². The molecule has 2 aromatic rings. The summed E-state index contributed by atoms with van der Waals surface area (Å²) >= 11 is 5.80. The fourth-order valence-electron chi connectivity index (χ4n) is 2.86. The first-order valence-corrected chi connectivity index (χ1v) is 10.1. The van der Waals surface area contributed by atoms with E-state index in [1.807, 2.05) is 60.7 Å². The molecule has 1 fully saturated rings. The van der Waals surface area contributed by atoms with Gasteiger partial charge in [0.2, 0.25) is 0 Å². The minimum atomic E-state index is -1.68. The number of benzene rings is 2. The van der Waals surface area contributed by atoms with Crippen molar-refractivity contribution in [3.63, 3.8) is 0 Å². The molecule has 1 unspecified atom stereocenters. The maximum absolute atomic E-state index is 12.9. The molecular formula is C20H18ClNO4S. The molecule has 0 spiro atoms. The highest BCUT2D eigenvalue weighted by molar-refractivity contribution is 7.89. The highest BCUT2D eigenvalue weighted by Gasteiger charge is 2.40. The van der Waals surface area contributed by atoms with Gasteiger partial charge in [0.05, 0.1) is 22.6 Å². The van der Waals surface area contributed by atoms with Gasteiger partial charge < -0.3 is 4.74 Å². The number of hydrogen-bond acceptors (Lipinski definition) is 4. The molecule has 0 N–H and O–H groups in total. The smallest absolute Gasteiger partial charge is 0.417 e. The van der Waals surface area contributed by atoms with Gasteiger partial charge in [-0.3, -0.25) is 9.00 Å². The Hall–Kier alpha value is -2.44. The molecule has 0 bridgehead atoms. The third-order valence-corrected chi connectivity index (χ3v) is 5.92. The second-order valence-electron chi connectivity index (χ2n) is 6.04. The van der Waals surface area contributed by atoms with Crippen molar-refractivity contribution in [3.05, 3.63) is 82.2 Å². The van der Waals surface area contributed by atoms with Crippen molar-refractivity contribution < 1.29 is 18.5 Å². The van der Waals surface area contributed by atoms with Crippen LogP contribution in [0.1, 0.15) is 11.1 Å². The summed E-state index contributed by atoms with van der Waals surface area (Å²) in [5.41, 5.74) is 2.77. The first-order valence-electron chi connectivity index (χ1n) is 8.37. The van der Waals surface area contributed by atoms with E-state index >= 15 is 0 Å². The van der Waals surface area contributed by atoms with Crippen molar-refractivity contribution in [2.75, 3.05) is 6.61 Å². The van der Waals surface area contributed by atoms with Crippen LogP contribution in [0.25, 0.3) is 0 Å². The number of carbonyl (C=O) groups excluding carboxylic acids is 2. The maximum Gasteiger partial charge on any atom is 0.417 e. The molecule has 1 heterocycles. The first-order chi connectivity index (χ1) is 13.1. The summed E-state index contributed by atoms with van der Waals surface area (Å²) in [6, 6.07) is 18.2. The molecule has 1 aliphatic heterocycles. The highest BCUT2D eigenvalue weighted by Crippen LogP contribution is 2.22. The van der Waals surface area contributed by atoms with Crippen molar-refractivity contribution in [1.82, 2.24) is 4.90 Å². The van der Waals surface area contributed by atoms with Crippen LogP contribution in [0.4, 0.5) is 4.79 Å². The number of halogens is 1. The maximum atomic E-state index is 12.9. The summed E-state index contributed by atoms with van der Waals surface area (Å²) in [6.45, 7) is 0.0976. The monoisotopic (exact) mass is 403 g/mol. The predicted octanol–water partition coefficient (Wildman–Crippen LogP) is 3.61. The van der Waals surface area contributed by atoms with E-state index in [2.05, 4.69) is 0 Å². The summed E-state index contributed by atoms with van der Waals surface area (Å²) < 4.78 is 17.7. The molecule has 5 nitrogen and oxygen atoms in total. The Morgan fingerprint density at radius 3 is 2.30 bits per heavy atom. The van der Waals surface area contributed by atoms with Crippen LogP contribution in [0, 0.1) is 0 Å². The molecule has 2 aromatic carbocycles. The van der Waals surface area contributed by atoms with Gasteiger partial charge in [0, 0.05) is 5.54 Å². The molecule has 2 amide bonds. The number of imide groups is 1. The SMILES string of the molecule is O=C1OC[C@H](Cc2ccccc2)N1C(=O)/C(=C\Cl)S(=O)Cc1ccccc1. The zero-order valence-corrected chi connectivity index (χ0v) is 16.0. The van der Waals surface area contributed by atoms with Crippen molar-refractivity contribution in [3.8, 4) is 0 Å². The third-order valence-electron chi connectivity index (χ3n) is 4.19. The number of cyclic esters (lactones) is 1. The summed E-state index contributed by atoms with van der Waals surface area (Å²) in [6.07, 6.45) is -0.284. The molecule has 0 radical (unpaired) electrons. The average molecular weight is 404 g/mol. The lowest BCUT2D eigenvalue weighted by Gasteiger charge is -2.20. The number of ether oxygens (including phenoxy) is 1. The third kappa shape index (κ3) is 4.64. The van der Waals surface area contributed by atoms with Gasteiger partial charge in [-0.05, 0) is 17.5 Å². The second-order valence-corrected chi connectivity index (χ2v) is 7.68. The van der Waals surface area contributed by atoms with Crippen LogP contribution < -0.4 is 0 Å². The lowest BCUT2D eigenvalue weighted by atomic mass is 10.1. The number of amides is 2. The second kappa shape index (κ2) is 8.97. The molecule has 0 aliphatic carbocycles. The molecule has 1 aliphatic rings. The van der Waals surface area contributed by atoms with Crippen molar-refractivity contribution >= 4 is 34.4 Å². The largest absolute Gasteiger partial charge is 0.447 e. The average Bonchev–Trinajstić information content (AvgIpc) is 3.04. The minimum absolute atomic E-state index is 0.0976.